The zero-order valence-corrected chi connectivity index (χ0v) is 12.5. The van der Waals surface area contributed by atoms with Crippen LogP contribution in [-0.4, -0.2) is 32.5 Å². The first-order chi connectivity index (χ1) is 9.08. The van der Waals surface area contributed by atoms with E-state index in [4.69, 9.17) is 11.6 Å². The smallest absolute Gasteiger partial charge is 0.153 e. The van der Waals surface area contributed by atoms with Crippen molar-refractivity contribution < 1.29 is 8.42 Å². The molecule has 1 unspecified atom stereocenters. The minimum Gasteiger partial charge on any atom is -0.317 e. The van der Waals surface area contributed by atoms with E-state index in [1.807, 2.05) is 12.1 Å². The molecule has 1 fully saturated rings. The Hall–Kier alpha value is -0.580. The lowest BCUT2D eigenvalue weighted by Gasteiger charge is -2.14. The molecule has 1 N–H and O–H groups in total. The predicted octanol–water partition coefficient (Wildman–Crippen LogP) is 2.44. The summed E-state index contributed by atoms with van der Waals surface area (Å²) in [6, 6.07) is 7.40. The van der Waals surface area contributed by atoms with Crippen molar-refractivity contribution >= 4 is 21.4 Å². The van der Waals surface area contributed by atoms with E-state index in [1.165, 1.54) is 0 Å². The van der Waals surface area contributed by atoms with Gasteiger partial charge in [-0.3, -0.25) is 0 Å². The number of hydrogen-bond acceptors (Lipinski definition) is 3. The van der Waals surface area contributed by atoms with Crippen molar-refractivity contribution in [1.82, 2.24) is 5.32 Å². The summed E-state index contributed by atoms with van der Waals surface area (Å²) in [4.78, 5) is 0. The first-order valence-corrected chi connectivity index (χ1v) is 8.84. The lowest BCUT2D eigenvalue weighted by atomic mass is 10.2. The second-order valence-corrected chi connectivity index (χ2v) is 7.88. The fourth-order valence-corrected chi connectivity index (χ4v) is 4.41. The highest BCUT2D eigenvalue weighted by molar-refractivity contribution is 7.92. The number of sulfone groups is 1. The third-order valence-electron chi connectivity index (χ3n) is 3.62. The molecular formula is C14H20ClNO2S. The number of benzene rings is 1. The van der Waals surface area contributed by atoms with Crippen molar-refractivity contribution in [3.63, 3.8) is 0 Å². The molecule has 0 amide bonds. The maximum atomic E-state index is 12.3. The molecule has 0 radical (unpaired) electrons. The fourth-order valence-electron chi connectivity index (χ4n) is 2.42. The Balaban J connectivity index is 1.94. The van der Waals surface area contributed by atoms with Crippen molar-refractivity contribution in [3.05, 3.63) is 34.9 Å². The first kappa shape index (κ1) is 14.8. The summed E-state index contributed by atoms with van der Waals surface area (Å²) in [7, 11) is -2.99. The van der Waals surface area contributed by atoms with Crippen LogP contribution in [0.4, 0.5) is 0 Å². The second kappa shape index (κ2) is 6.73. The van der Waals surface area contributed by atoms with E-state index in [-0.39, 0.29) is 11.0 Å². The normalized spacial score (nSPS) is 21.0. The Morgan fingerprint density at radius 1 is 1.16 bits per heavy atom. The lowest BCUT2D eigenvalue weighted by molar-refractivity contribution is 0.566. The number of rotatable bonds is 4. The van der Waals surface area contributed by atoms with Crippen LogP contribution in [0.3, 0.4) is 0 Å². The topological polar surface area (TPSA) is 46.2 Å². The molecule has 1 saturated heterocycles. The van der Waals surface area contributed by atoms with Crippen LogP contribution < -0.4 is 5.32 Å². The van der Waals surface area contributed by atoms with Crippen molar-refractivity contribution in [2.24, 2.45) is 0 Å². The summed E-state index contributed by atoms with van der Waals surface area (Å²) in [5.41, 5.74) is 1.03. The van der Waals surface area contributed by atoms with Gasteiger partial charge in [0.1, 0.15) is 0 Å². The highest BCUT2D eigenvalue weighted by atomic mass is 35.5. The SMILES string of the molecule is O=S(=O)(CCc1ccc(Cl)cc1)C1CCCNCC1. The molecule has 0 bridgehead atoms. The van der Waals surface area contributed by atoms with Crippen molar-refractivity contribution in [2.45, 2.75) is 30.9 Å². The highest BCUT2D eigenvalue weighted by Gasteiger charge is 2.25. The average Bonchev–Trinajstić information content (AvgIpc) is 2.67. The molecule has 1 heterocycles. The fraction of sp³-hybridized carbons (Fsp3) is 0.571. The second-order valence-electron chi connectivity index (χ2n) is 5.05. The van der Waals surface area contributed by atoms with E-state index < -0.39 is 9.84 Å². The third-order valence-corrected chi connectivity index (χ3v) is 6.13. The van der Waals surface area contributed by atoms with Crippen LogP contribution in [0, 0.1) is 0 Å². The van der Waals surface area contributed by atoms with E-state index in [2.05, 4.69) is 5.32 Å². The molecule has 5 heteroatoms. The Morgan fingerprint density at radius 3 is 2.63 bits per heavy atom. The molecule has 1 aromatic carbocycles. The van der Waals surface area contributed by atoms with Gasteiger partial charge in [0, 0.05) is 5.02 Å². The molecular weight excluding hydrogens is 282 g/mol. The summed E-state index contributed by atoms with van der Waals surface area (Å²) in [5, 5.41) is 3.76. The van der Waals surface area contributed by atoms with Gasteiger partial charge in [0.25, 0.3) is 0 Å². The number of hydrogen-bond donors (Lipinski definition) is 1. The summed E-state index contributed by atoms with van der Waals surface area (Å²) >= 11 is 5.82. The maximum Gasteiger partial charge on any atom is 0.153 e. The van der Waals surface area contributed by atoms with Gasteiger partial charge in [0.05, 0.1) is 11.0 Å². The lowest BCUT2D eigenvalue weighted by Crippen LogP contribution is -2.26. The monoisotopic (exact) mass is 301 g/mol. The Kier molecular flexibility index (Phi) is 5.25. The zero-order valence-electron chi connectivity index (χ0n) is 10.9. The molecule has 1 aliphatic rings. The standard InChI is InChI=1S/C14H20ClNO2S/c15-13-5-3-12(4-6-13)8-11-19(17,18)14-2-1-9-16-10-7-14/h3-6,14,16H,1-2,7-11H2. The molecule has 1 aromatic rings. The van der Waals surface area contributed by atoms with Gasteiger partial charge in [-0.15, -0.1) is 0 Å². The van der Waals surface area contributed by atoms with Gasteiger partial charge in [0.2, 0.25) is 0 Å². The van der Waals surface area contributed by atoms with E-state index in [1.54, 1.807) is 12.1 Å². The van der Waals surface area contributed by atoms with Crippen LogP contribution >= 0.6 is 11.6 Å². The molecule has 0 saturated carbocycles. The molecule has 19 heavy (non-hydrogen) atoms. The molecule has 1 atom stereocenters. The Bertz CT molecular complexity index is 491. The predicted molar refractivity (Wildman–Crippen MR) is 79.5 cm³/mol. The van der Waals surface area contributed by atoms with Gasteiger partial charge < -0.3 is 5.32 Å². The minimum atomic E-state index is -2.99. The summed E-state index contributed by atoms with van der Waals surface area (Å²) in [6.07, 6.45) is 3.05. The van der Waals surface area contributed by atoms with E-state index in [9.17, 15) is 8.42 Å². The van der Waals surface area contributed by atoms with Crippen LogP contribution in [0.5, 0.6) is 0 Å². The summed E-state index contributed by atoms with van der Waals surface area (Å²) < 4.78 is 24.6. The first-order valence-electron chi connectivity index (χ1n) is 6.75. The van der Waals surface area contributed by atoms with Crippen molar-refractivity contribution in [2.75, 3.05) is 18.8 Å². The molecule has 106 valence electrons. The van der Waals surface area contributed by atoms with Gasteiger partial charge in [-0.2, -0.15) is 0 Å². The molecule has 0 spiro atoms. The van der Waals surface area contributed by atoms with Crippen molar-refractivity contribution in [1.29, 1.82) is 0 Å². The van der Waals surface area contributed by atoms with Gasteiger partial charge in [-0.25, -0.2) is 8.42 Å². The Morgan fingerprint density at radius 2 is 1.89 bits per heavy atom. The van der Waals surface area contributed by atoms with Crippen LogP contribution in [-0.2, 0) is 16.3 Å². The van der Waals surface area contributed by atoms with Gasteiger partial charge >= 0.3 is 0 Å². The molecule has 1 aliphatic heterocycles. The Labute approximate surface area is 120 Å². The van der Waals surface area contributed by atoms with Gasteiger partial charge in [-0.05, 0) is 56.5 Å². The van der Waals surface area contributed by atoms with Gasteiger partial charge in [-0.1, -0.05) is 23.7 Å². The third kappa shape index (κ3) is 4.48. The number of halogens is 1. The van der Waals surface area contributed by atoms with E-state index in [0.717, 1.165) is 37.9 Å². The quantitative estimate of drug-likeness (QED) is 0.929. The van der Waals surface area contributed by atoms with Crippen LogP contribution in [0.15, 0.2) is 24.3 Å². The molecule has 0 aliphatic carbocycles. The van der Waals surface area contributed by atoms with Gasteiger partial charge in [0.15, 0.2) is 9.84 Å². The van der Waals surface area contributed by atoms with Crippen LogP contribution in [0.2, 0.25) is 5.02 Å². The van der Waals surface area contributed by atoms with Crippen LogP contribution in [0.25, 0.3) is 0 Å². The van der Waals surface area contributed by atoms with E-state index >= 15 is 0 Å². The average molecular weight is 302 g/mol. The highest BCUT2D eigenvalue weighted by Crippen LogP contribution is 2.17. The molecule has 3 nitrogen and oxygen atoms in total. The maximum absolute atomic E-state index is 12.3. The summed E-state index contributed by atoms with van der Waals surface area (Å²) in [5.74, 6) is 0.235. The zero-order chi connectivity index (χ0) is 13.7. The van der Waals surface area contributed by atoms with E-state index in [0.29, 0.717) is 11.4 Å². The molecule has 0 aromatic heterocycles. The minimum absolute atomic E-state index is 0.171. The van der Waals surface area contributed by atoms with Crippen LogP contribution in [0.1, 0.15) is 24.8 Å². The number of aryl methyl sites for hydroxylation is 1. The largest absolute Gasteiger partial charge is 0.317 e. The molecule has 2 rings (SSSR count). The number of nitrogens with one attached hydrogen (secondary N) is 1. The van der Waals surface area contributed by atoms with Crippen molar-refractivity contribution in [3.8, 4) is 0 Å². The summed E-state index contributed by atoms with van der Waals surface area (Å²) in [6.45, 7) is 1.74.